The number of allylic oxidation sites excluding steroid dienone is 1. The summed E-state index contributed by atoms with van der Waals surface area (Å²) in [5, 5.41) is 8.90. The molecule has 1 N–H and O–H groups in total. The van der Waals surface area contributed by atoms with Gasteiger partial charge in [-0.1, -0.05) is 62.2 Å². The SMILES string of the molecule is CC(=CCO)c1ccc(-c2cc(Br)cc(Br)c2)cc1. The van der Waals surface area contributed by atoms with Crippen molar-refractivity contribution in [1.29, 1.82) is 0 Å². The molecule has 2 rings (SSSR count). The van der Waals surface area contributed by atoms with Crippen LogP contribution in [0.5, 0.6) is 0 Å². The van der Waals surface area contributed by atoms with E-state index in [1.54, 1.807) is 0 Å². The van der Waals surface area contributed by atoms with Crippen LogP contribution in [-0.4, -0.2) is 11.7 Å². The lowest BCUT2D eigenvalue weighted by Crippen LogP contribution is -1.84. The maximum absolute atomic E-state index is 8.90. The molecule has 0 spiro atoms. The smallest absolute Gasteiger partial charge is 0.0618 e. The molecule has 2 aromatic rings. The van der Waals surface area contributed by atoms with Crippen molar-refractivity contribution < 1.29 is 5.11 Å². The molecule has 19 heavy (non-hydrogen) atoms. The Bertz CT molecular complexity index is 580. The number of aliphatic hydroxyl groups is 1. The highest BCUT2D eigenvalue weighted by Gasteiger charge is 2.02. The highest BCUT2D eigenvalue weighted by atomic mass is 79.9. The minimum Gasteiger partial charge on any atom is -0.392 e. The van der Waals surface area contributed by atoms with Crippen LogP contribution in [0.25, 0.3) is 16.7 Å². The Morgan fingerprint density at radius 1 is 1.00 bits per heavy atom. The number of rotatable bonds is 3. The van der Waals surface area contributed by atoms with Gasteiger partial charge in [-0.2, -0.15) is 0 Å². The second kappa shape index (κ2) is 6.51. The van der Waals surface area contributed by atoms with E-state index in [0.29, 0.717) is 0 Å². The molecule has 0 bridgehead atoms. The normalized spacial score (nSPS) is 11.7. The number of aliphatic hydroxyl groups excluding tert-OH is 1. The maximum Gasteiger partial charge on any atom is 0.0618 e. The molecule has 0 fully saturated rings. The van der Waals surface area contributed by atoms with Gasteiger partial charge in [0.15, 0.2) is 0 Å². The lowest BCUT2D eigenvalue weighted by molar-refractivity contribution is 0.343. The van der Waals surface area contributed by atoms with Crippen molar-refractivity contribution in [3.8, 4) is 11.1 Å². The van der Waals surface area contributed by atoms with Gasteiger partial charge in [0.05, 0.1) is 6.61 Å². The molecule has 0 unspecified atom stereocenters. The number of benzene rings is 2. The molecular weight excluding hydrogens is 368 g/mol. The van der Waals surface area contributed by atoms with Crippen molar-refractivity contribution in [2.24, 2.45) is 0 Å². The summed E-state index contributed by atoms with van der Waals surface area (Å²) in [7, 11) is 0. The fraction of sp³-hybridized carbons (Fsp3) is 0.125. The lowest BCUT2D eigenvalue weighted by atomic mass is 10.0. The van der Waals surface area contributed by atoms with Gasteiger partial charge in [-0.15, -0.1) is 0 Å². The molecule has 2 aromatic carbocycles. The number of hydrogen-bond acceptors (Lipinski definition) is 1. The van der Waals surface area contributed by atoms with Crippen molar-refractivity contribution in [2.75, 3.05) is 6.61 Å². The van der Waals surface area contributed by atoms with Gasteiger partial charge in [0.1, 0.15) is 0 Å². The van der Waals surface area contributed by atoms with Crippen molar-refractivity contribution in [3.05, 3.63) is 63.0 Å². The lowest BCUT2D eigenvalue weighted by Gasteiger charge is -2.06. The van der Waals surface area contributed by atoms with Crippen molar-refractivity contribution in [2.45, 2.75) is 6.92 Å². The average molecular weight is 382 g/mol. The highest BCUT2D eigenvalue weighted by Crippen LogP contribution is 2.28. The van der Waals surface area contributed by atoms with Crippen molar-refractivity contribution in [1.82, 2.24) is 0 Å². The van der Waals surface area contributed by atoms with Gasteiger partial charge < -0.3 is 5.11 Å². The van der Waals surface area contributed by atoms with Crippen LogP contribution in [-0.2, 0) is 0 Å². The quantitative estimate of drug-likeness (QED) is 0.767. The third kappa shape index (κ3) is 3.78. The van der Waals surface area contributed by atoms with Crippen molar-refractivity contribution >= 4 is 37.4 Å². The van der Waals surface area contributed by atoms with E-state index in [1.165, 1.54) is 5.56 Å². The first kappa shape index (κ1) is 14.5. The molecule has 98 valence electrons. The largest absolute Gasteiger partial charge is 0.392 e. The molecule has 0 amide bonds. The van der Waals surface area contributed by atoms with Crippen LogP contribution in [0.3, 0.4) is 0 Å². The Hall–Kier alpha value is -0.900. The Morgan fingerprint density at radius 2 is 1.58 bits per heavy atom. The molecular formula is C16H14Br2O. The van der Waals surface area contributed by atoms with Gasteiger partial charge in [0.25, 0.3) is 0 Å². The molecule has 0 saturated heterocycles. The predicted molar refractivity (Wildman–Crippen MR) is 88.0 cm³/mol. The molecule has 0 aromatic heterocycles. The summed E-state index contributed by atoms with van der Waals surface area (Å²) in [4.78, 5) is 0. The first-order valence-corrected chi connectivity index (χ1v) is 7.53. The molecule has 0 atom stereocenters. The number of halogens is 2. The summed E-state index contributed by atoms with van der Waals surface area (Å²) >= 11 is 7.00. The van der Waals surface area contributed by atoms with Crippen LogP contribution < -0.4 is 0 Å². The molecule has 1 nitrogen and oxygen atoms in total. The summed E-state index contributed by atoms with van der Waals surface area (Å²) < 4.78 is 2.11. The Balaban J connectivity index is 2.35. The summed E-state index contributed by atoms with van der Waals surface area (Å²) in [5.74, 6) is 0. The van der Waals surface area contributed by atoms with E-state index in [1.807, 2.05) is 19.1 Å². The molecule has 0 aliphatic heterocycles. The molecule has 3 heteroatoms. The predicted octanol–water partition coefficient (Wildman–Crippen LogP) is 5.27. The van der Waals surface area contributed by atoms with Gasteiger partial charge in [0.2, 0.25) is 0 Å². The summed E-state index contributed by atoms with van der Waals surface area (Å²) in [6, 6.07) is 14.5. The second-order valence-electron chi connectivity index (χ2n) is 4.31. The second-order valence-corrected chi connectivity index (χ2v) is 6.14. The van der Waals surface area contributed by atoms with Crippen LogP contribution in [0.4, 0.5) is 0 Å². The van der Waals surface area contributed by atoms with E-state index < -0.39 is 0 Å². The third-order valence-corrected chi connectivity index (χ3v) is 3.85. The Kier molecular flexibility index (Phi) is 4.97. The number of hydrogen-bond donors (Lipinski definition) is 1. The Labute approximate surface area is 130 Å². The fourth-order valence-corrected chi connectivity index (χ4v) is 3.19. The van der Waals surface area contributed by atoms with Gasteiger partial charge in [-0.05, 0) is 47.4 Å². The summed E-state index contributed by atoms with van der Waals surface area (Å²) in [5.41, 5.74) is 4.55. The minimum absolute atomic E-state index is 0.0756. The van der Waals surface area contributed by atoms with E-state index in [2.05, 4.69) is 68.3 Å². The van der Waals surface area contributed by atoms with Gasteiger partial charge in [-0.3, -0.25) is 0 Å². The topological polar surface area (TPSA) is 20.2 Å². The monoisotopic (exact) mass is 380 g/mol. The zero-order valence-electron chi connectivity index (χ0n) is 10.5. The van der Waals surface area contributed by atoms with Crippen LogP contribution in [0.15, 0.2) is 57.5 Å². The zero-order chi connectivity index (χ0) is 13.8. The van der Waals surface area contributed by atoms with Crippen LogP contribution in [0.1, 0.15) is 12.5 Å². The zero-order valence-corrected chi connectivity index (χ0v) is 13.7. The molecule has 0 aliphatic carbocycles. The van der Waals surface area contributed by atoms with E-state index in [-0.39, 0.29) is 6.61 Å². The fourth-order valence-electron chi connectivity index (χ4n) is 1.90. The first-order valence-electron chi connectivity index (χ1n) is 5.94. The van der Waals surface area contributed by atoms with E-state index in [4.69, 9.17) is 5.11 Å². The first-order chi connectivity index (χ1) is 9.10. The molecule has 0 radical (unpaired) electrons. The minimum atomic E-state index is 0.0756. The Morgan fingerprint density at radius 3 is 2.11 bits per heavy atom. The van der Waals surface area contributed by atoms with E-state index >= 15 is 0 Å². The highest BCUT2D eigenvalue weighted by molar-refractivity contribution is 9.11. The van der Waals surface area contributed by atoms with E-state index in [9.17, 15) is 0 Å². The van der Waals surface area contributed by atoms with Crippen LogP contribution >= 0.6 is 31.9 Å². The maximum atomic E-state index is 8.90. The van der Waals surface area contributed by atoms with E-state index in [0.717, 1.165) is 25.6 Å². The molecule has 0 heterocycles. The van der Waals surface area contributed by atoms with Gasteiger partial charge in [-0.25, -0.2) is 0 Å². The average Bonchev–Trinajstić information content (AvgIpc) is 2.38. The van der Waals surface area contributed by atoms with Gasteiger partial charge >= 0.3 is 0 Å². The molecule has 0 aliphatic rings. The standard InChI is InChI=1S/C16H14Br2O/c1-11(6-7-19)12-2-4-13(5-3-12)14-8-15(17)10-16(18)9-14/h2-6,8-10,19H,7H2,1H3. The van der Waals surface area contributed by atoms with Crippen LogP contribution in [0.2, 0.25) is 0 Å². The van der Waals surface area contributed by atoms with Crippen LogP contribution in [0, 0.1) is 0 Å². The van der Waals surface area contributed by atoms with Crippen molar-refractivity contribution in [3.63, 3.8) is 0 Å². The molecule has 0 saturated carbocycles. The summed E-state index contributed by atoms with van der Waals surface area (Å²) in [6.07, 6.45) is 1.81. The third-order valence-electron chi connectivity index (χ3n) is 2.93. The summed E-state index contributed by atoms with van der Waals surface area (Å²) in [6.45, 7) is 2.08. The van der Waals surface area contributed by atoms with Gasteiger partial charge in [0, 0.05) is 8.95 Å².